The Balaban J connectivity index is 2.06. The van der Waals surface area contributed by atoms with Crippen LogP contribution in [0.25, 0.3) is 0 Å². The first kappa shape index (κ1) is 15.5. The predicted molar refractivity (Wildman–Crippen MR) is 75.2 cm³/mol. The van der Waals surface area contributed by atoms with Crippen molar-refractivity contribution in [2.45, 2.75) is 39.2 Å². The fourth-order valence-corrected chi connectivity index (χ4v) is 1.63. The van der Waals surface area contributed by atoms with Crippen molar-refractivity contribution in [3.05, 3.63) is 29.8 Å². The van der Waals surface area contributed by atoms with Gasteiger partial charge in [0, 0.05) is 13.0 Å². The number of hydrogen-bond donors (Lipinski definition) is 2. The second-order valence-corrected chi connectivity index (χ2v) is 4.78. The summed E-state index contributed by atoms with van der Waals surface area (Å²) in [7, 11) is 0. The van der Waals surface area contributed by atoms with Crippen LogP contribution in [0.4, 0.5) is 0 Å². The Labute approximate surface area is 114 Å². The van der Waals surface area contributed by atoms with Crippen LogP contribution in [0.5, 0.6) is 5.75 Å². The maximum Gasteiger partial charge on any atom is 0.220 e. The second-order valence-electron chi connectivity index (χ2n) is 4.78. The van der Waals surface area contributed by atoms with Gasteiger partial charge in [0.1, 0.15) is 5.75 Å². The maximum atomic E-state index is 11.4. The Morgan fingerprint density at radius 2 is 2.21 bits per heavy atom. The second kappa shape index (κ2) is 8.53. The number of rotatable bonds is 8. The van der Waals surface area contributed by atoms with E-state index in [-0.39, 0.29) is 5.91 Å². The minimum atomic E-state index is -0.492. The van der Waals surface area contributed by atoms with E-state index in [4.69, 9.17) is 9.84 Å². The molecule has 0 spiro atoms. The Hall–Kier alpha value is -1.55. The number of aliphatic hydroxyl groups excluding tert-OH is 1. The molecule has 4 heteroatoms. The summed E-state index contributed by atoms with van der Waals surface area (Å²) >= 11 is 0. The third-order valence-electron chi connectivity index (χ3n) is 2.65. The fraction of sp³-hybridized carbons (Fsp3) is 0.533. The van der Waals surface area contributed by atoms with Gasteiger partial charge < -0.3 is 15.2 Å². The van der Waals surface area contributed by atoms with Gasteiger partial charge in [-0.1, -0.05) is 12.1 Å². The molecular weight excluding hydrogens is 242 g/mol. The molecule has 0 aliphatic carbocycles. The zero-order chi connectivity index (χ0) is 14.1. The fourth-order valence-electron chi connectivity index (χ4n) is 1.63. The Bertz CT molecular complexity index is 391. The molecular formula is C15H23NO3. The topological polar surface area (TPSA) is 58.6 Å². The van der Waals surface area contributed by atoms with E-state index in [0.717, 1.165) is 18.6 Å². The van der Waals surface area contributed by atoms with E-state index in [1.165, 1.54) is 5.56 Å². The van der Waals surface area contributed by atoms with Gasteiger partial charge in [-0.15, -0.1) is 0 Å². The molecule has 0 fully saturated rings. The molecule has 19 heavy (non-hydrogen) atoms. The van der Waals surface area contributed by atoms with Crippen LogP contribution in [0.3, 0.4) is 0 Å². The van der Waals surface area contributed by atoms with Gasteiger partial charge >= 0.3 is 0 Å². The molecule has 0 aromatic heterocycles. The normalized spacial score (nSPS) is 11.9. The summed E-state index contributed by atoms with van der Waals surface area (Å²) in [6.07, 6.45) is 1.62. The third kappa shape index (κ3) is 7.47. The van der Waals surface area contributed by atoms with Crippen LogP contribution < -0.4 is 10.1 Å². The van der Waals surface area contributed by atoms with Crippen molar-refractivity contribution in [1.82, 2.24) is 5.32 Å². The number of nitrogens with one attached hydrogen (secondary N) is 1. The Kier molecular flexibility index (Phi) is 6.97. The summed E-state index contributed by atoms with van der Waals surface area (Å²) in [6.45, 7) is 4.61. The van der Waals surface area contributed by atoms with Gasteiger partial charge in [-0.2, -0.15) is 0 Å². The molecule has 4 nitrogen and oxygen atoms in total. The van der Waals surface area contributed by atoms with E-state index in [2.05, 4.69) is 5.32 Å². The van der Waals surface area contributed by atoms with E-state index >= 15 is 0 Å². The Morgan fingerprint density at radius 3 is 2.89 bits per heavy atom. The summed E-state index contributed by atoms with van der Waals surface area (Å²) in [5, 5.41) is 11.7. The van der Waals surface area contributed by atoms with Crippen LogP contribution in [-0.2, 0) is 4.79 Å². The van der Waals surface area contributed by atoms with Gasteiger partial charge in [0.15, 0.2) is 0 Å². The average molecular weight is 265 g/mol. The highest BCUT2D eigenvalue weighted by Crippen LogP contribution is 2.12. The number of carbonyl (C=O) groups excluding carboxylic acids is 1. The van der Waals surface area contributed by atoms with Gasteiger partial charge in [0.2, 0.25) is 5.91 Å². The first-order valence-electron chi connectivity index (χ1n) is 6.72. The van der Waals surface area contributed by atoms with Crippen LogP contribution in [-0.4, -0.2) is 30.3 Å². The van der Waals surface area contributed by atoms with E-state index < -0.39 is 6.10 Å². The monoisotopic (exact) mass is 265 g/mol. The summed E-state index contributed by atoms with van der Waals surface area (Å²) in [5.74, 6) is 0.856. The summed E-state index contributed by atoms with van der Waals surface area (Å²) in [6, 6.07) is 7.92. The van der Waals surface area contributed by atoms with Gasteiger partial charge in [0.25, 0.3) is 0 Å². The smallest absolute Gasteiger partial charge is 0.220 e. The van der Waals surface area contributed by atoms with E-state index in [0.29, 0.717) is 19.6 Å². The van der Waals surface area contributed by atoms with Gasteiger partial charge in [0.05, 0.1) is 12.7 Å². The number of amides is 1. The first-order chi connectivity index (χ1) is 9.08. The van der Waals surface area contributed by atoms with E-state index in [1.807, 2.05) is 31.2 Å². The average Bonchev–Trinajstić information content (AvgIpc) is 2.36. The molecule has 0 saturated carbocycles. The predicted octanol–water partition coefficient (Wildman–Crippen LogP) is 2.04. The molecule has 0 radical (unpaired) electrons. The zero-order valence-electron chi connectivity index (χ0n) is 11.7. The van der Waals surface area contributed by atoms with Crippen LogP contribution >= 0.6 is 0 Å². The molecule has 0 heterocycles. The highest BCUT2D eigenvalue weighted by Gasteiger charge is 2.02. The van der Waals surface area contributed by atoms with Crippen molar-refractivity contribution in [3.8, 4) is 5.75 Å². The number of hydrogen-bond acceptors (Lipinski definition) is 3. The van der Waals surface area contributed by atoms with E-state index in [9.17, 15) is 4.79 Å². The minimum Gasteiger partial charge on any atom is -0.494 e. The van der Waals surface area contributed by atoms with Gasteiger partial charge in [-0.3, -0.25) is 4.79 Å². The molecule has 1 rings (SSSR count). The number of unbranched alkanes of at least 4 members (excludes halogenated alkanes) is 1. The molecule has 1 unspecified atom stereocenters. The van der Waals surface area contributed by atoms with Crippen molar-refractivity contribution >= 4 is 5.91 Å². The number of aliphatic hydroxyl groups is 1. The lowest BCUT2D eigenvalue weighted by atomic mass is 10.2. The molecule has 0 aliphatic rings. The summed E-state index contributed by atoms with van der Waals surface area (Å²) < 4.78 is 5.60. The largest absolute Gasteiger partial charge is 0.494 e. The highest BCUT2D eigenvalue weighted by atomic mass is 16.5. The highest BCUT2D eigenvalue weighted by molar-refractivity contribution is 5.75. The van der Waals surface area contributed by atoms with Crippen LogP contribution in [0.2, 0.25) is 0 Å². The van der Waals surface area contributed by atoms with Crippen molar-refractivity contribution in [2.75, 3.05) is 13.2 Å². The number of ether oxygens (including phenoxy) is 1. The third-order valence-corrected chi connectivity index (χ3v) is 2.65. The van der Waals surface area contributed by atoms with Crippen LogP contribution in [0.1, 0.15) is 31.7 Å². The molecule has 0 bridgehead atoms. The molecule has 1 aromatic rings. The molecule has 1 amide bonds. The first-order valence-corrected chi connectivity index (χ1v) is 6.72. The lowest BCUT2D eigenvalue weighted by Gasteiger charge is -2.08. The number of benzene rings is 1. The maximum absolute atomic E-state index is 11.4. The molecule has 2 N–H and O–H groups in total. The standard InChI is InChI=1S/C15H23NO3/c1-12-6-5-7-14(10-12)19-9-4-3-8-15(18)16-11-13(2)17/h5-7,10,13,17H,3-4,8-9,11H2,1-2H3,(H,16,18). The molecule has 1 aromatic carbocycles. The van der Waals surface area contributed by atoms with Crippen LogP contribution in [0, 0.1) is 6.92 Å². The molecule has 106 valence electrons. The number of aryl methyl sites for hydroxylation is 1. The Morgan fingerprint density at radius 1 is 1.42 bits per heavy atom. The zero-order valence-corrected chi connectivity index (χ0v) is 11.7. The minimum absolute atomic E-state index is 0.0172. The van der Waals surface area contributed by atoms with Crippen molar-refractivity contribution in [2.24, 2.45) is 0 Å². The van der Waals surface area contributed by atoms with E-state index in [1.54, 1.807) is 6.92 Å². The number of carbonyl (C=O) groups is 1. The van der Waals surface area contributed by atoms with Crippen molar-refractivity contribution in [1.29, 1.82) is 0 Å². The van der Waals surface area contributed by atoms with Gasteiger partial charge in [-0.25, -0.2) is 0 Å². The summed E-state index contributed by atoms with van der Waals surface area (Å²) in [4.78, 5) is 11.4. The summed E-state index contributed by atoms with van der Waals surface area (Å²) in [5.41, 5.74) is 1.18. The lowest BCUT2D eigenvalue weighted by Crippen LogP contribution is -2.30. The lowest BCUT2D eigenvalue weighted by molar-refractivity contribution is -0.121. The van der Waals surface area contributed by atoms with Crippen molar-refractivity contribution < 1.29 is 14.6 Å². The quantitative estimate of drug-likeness (QED) is 0.707. The molecule has 0 saturated heterocycles. The SMILES string of the molecule is Cc1cccc(OCCCCC(=O)NCC(C)O)c1. The molecule has 1 atom stereocenters. The van der Waals surface area contributed by atoms with Crippen LogP contribution in [0.15, 0.2) is 24.3 Å². The van der Waals surface area contributed by atoms with Gasteiger partial charge in [-0.05, 0) is 44.4 Å². The molecule has 0 aliphatic heterocycles. The van der Waals surface area contributed by atoms with Crippen molar-refractivity contribution in [3.63, 3.8) is 0 Å².